The predicted octanol–water partition coefficient (Wildman–Crippen LogP) is 3.83. The van der Waals surface area contributed by atoms with Crippen LogP contribution in [0.5, 0.6) is 0 Å². The summed E-state index contributed by atoms with van der Waals surface area (Å²) < 4.78 is 11.9. The Morgan fingerprint density at radius 1 is 1.50 bits per heavy atom. The van der Waals surface area contributed by atoms with Crippen molar-refractivity contribution in [1.82, 2.24) is 5.54 Å². The standard InChI is InChI=1S/C11H15ClFN/c1-3-8(2)9-4-5-10(7-14-13)11(12)6-9/h4-6,8,14H,3,7H2,1-2H3. The van der Waals surface area contributed by atoms with Gasteiger partial charge in [0, 0.05) is 5.02 Å². The van der Waals surface area contributed by atoms with E-state index in [0.717, 1.165) is 12.0 Å². The van der Waals surface area contributed by atoms with Gasteiger partial charge in [-0.3, -0.25) is 0 Å². The molecule has 0 saturated heterocycles. The average molecular weight is 216 g/mol. The van der Waals surface area contributed by atoms with Gasteiger partial charge in [-0.25, -0.2) is 0 Å². The first-order valence-corrected chi connectivity index (χ1v) is 5.18. The van der Waals surface area contributed by atoms with Crippen LogP contribution in [0.3, 0.4) is 0 Å². The second kappa shape index (κ2) is 5.32. The van der Waals surface area contributed by atoms with Gasteiger partial charge in [0.15, 0.2) is 0 Å². The Morgan fingerprint density at radius 2 is 2.21 bits per heavy atom. The first-order valence-electron chi connectivity index (χ1n) is 4.80. The lowest BCUT2D eigenvalue weighted by Crippen LogP contribution is -2.01. The molecule has 78 valence electrons. The molecule has 1 nitrogen and oxygen atoms in total. The molecule has 1 rings (SSSR count). The van der Waals surface area contributed by atoms with Crippen LogP contribution in [0.1, 0.15) is 37.3 Å². The molecule has 0 aliphatic rings. The van der Waals surface area contributed by atoms with Crippen LogP contribution in [0.2, 0.25) is 5.02 Å². The Morgan fingerprint density at radius 3 is 2.71 bits per heavy atom. The van der Waals surface area contributed by atoms with Crippen molar-refractivity contribution >= 4 is 11.6 Å². The number of hydrogen-bond donors (Lipinski definition) is 1. The molecular formula is C11H15ClFN. The van der Waals surface area contributed by atoms with Crippen LogP contribution in [0.15, 0.2) is 18.2 Å². The van der Waals surface area contributed by atoms with Gasteiger partial charge in [0.25, 0.3) is 0 Å². The summed E-state index contributed by atoms with van der Waals surface area (Å²) in [6, 6.07) is 5.80. The summed E-state index contributed by atoms with van der Waals surface area (Å²) >= 11 is 6.00. The number of benzene rings is 1. The molecule has 0 radical (unpaired) electrons. The molecule has 0 spiro atoms. The van der Waals surface area contributed by atoms with E-state index in [1.54, 1.807) is 5.54 Å². The lowest BCUT2D eigenvalue weighted by Gasteiger charge is -2.11. The van der Waals surface area contributed by atoms with Crippen molar-refractivity contribution in [2.45, 2.75) is 32.7 Å². The fourth-order valence-electron chi connectivity index (χ4n) is 1.32. The van der Waals surface area contributed by atoms with E-state index in [9.17, 15) is 4.48 Å². The molecular weight excluding hydrogens is 201 g/mol. The minimum Gasteiger partial charge on any atom is -0.155 e. The molecule has 1 unspecified atom stereocenters. The minimum absolute atomic E-state index is 0.166. The van der Waals surface area contributed by atoms with E-state index in [1.807, 2.05) is 18.2 Å². The third-order valence-corrected chi connectivity index (χ3v) is 2.87. The SMILES string of the molecule is CCC(C)c1ccc(CNF)c(Cl)c1. The Bertz CT molecular complexity index is 301. The van der Waals surface area contributed by atoms with Crippen LogP contribution in [0.4, 0.5) is 4.48 Å². The molecule has 0 aliphatic carbocycles. The van der Waals surface area contributed by atoms with Crippen molar-refractivity contribution in [1.29, 1.82) is 0 Å². The molecule has 1 N–H and O–H groups in total. The van der Waals surface area contributed by atoms with Gasteiger partial charge in [-0.1, -0.05) is 37.6 Å². The van der Waals surface area contributed by atoms with Crippen LogP contribution < -0.4 is 5.54 Å². The van der Waals surface area contributed by atoms with Crippen LogP contribution in [0.25, 0.3) is 0 Å². The number of nitrogens with one attached hydrogen (secondary N) is 1. The fourth-order valence-corrected chi connectivity index (χ4v) is 1.58. The normalized spacial score (nSPS) is 12.9. The van der Waals surface area contributed by atoms with E-state index in [1.165, 1.54) is 5.56 Å². The summed E-state index contributed by atoms with van der Waals surface area (Å²) in [4.78, 5) is 0. The Labute approximate surface area is 89.2 Å². The van der Waals surface area contributed by atoms with Crippen molar-refractivity contribution in [3.8, 4) is 0 Å². The van der Waals surface area contributed by atoms with Gasteiger partial charge in [0.2, 0.25) is 0 Å². The van der Waals surface area contributed by atoms with Gasteiger partial charge in [-0.05, 0) is 29.5 Å². The molecule has 0 aliphatic heterocycles. The molecule has 0 amide bonds. The third-order valence-electron chi connectivity index (χ3n) is 2.52. The molecule has 1 aromatic carbocycles. The second-order valence-corrected chi connectivity index (χ2v) is 3.88. The van der Waals surface area contributed by atoms with E-state index in [-0.39, 0.29) is 6.54 Å². The van der Waals surface area contributed by atoms with E-state index in [0.29, 0.717) is 10.9 Å². The van der Waals surface area contributed by atoms with Gasteiger partial charge in [0.05, 0.1) is 6.54 Å². The minimum atomic E-state index is 0.166. The lowest BCUT2D eigenvalue weighted by atomic mass is 9.97. The smallest absolute Gasteiger partial charge is 0.0525 e. The lowest BCUT2D eigenvalue weighted by molar-refractivity contribution is 0.330. The zero-order valence-electron chi connectivity index (χ0n) is 8.48. The zero-order valence-corrected chi connectivity index (χ0v) is 9.24. The van der Waals surface area contributed by atoms with Crippen LogP contribution in [-0.2, 0) is 6.54 Å². The molecule has 14 heavy (non-hydrogen) atoms. The highest BCUT2D eigenvalue weighted by Crippen LogP contribution is 2.24. The largest absolute Gasteiger partial charge is 0.155 e. The maximum atomic E-state index is 11.9. The first kappa shape index (κ1) is 11.5. The highest BCUT2D eigenvalue weighted by Gasteiger charge is 2.06. The summed E-state index contributed by atoms with van der Waals surface area (Å²) in [7, 11) is 0. The Balaban J connectivity index is 2.88. The van der Waals surface area contributed by atoms with E-state index >= 15 is 0 Å². The third kappa shape index (κ3) is 2.69. The van der Waals surface area contributed by atoms with Gasteiger partial charge in [-0.2, -0.15) is 5.54 Å². The van der Waals surface area contributed by atoms with Gasteiger partial charge in [0.1, 0.15) is 0 Å². The fraction of sp³-hybridized carbons (Fsp3) is 0.455. The Kier molecular flexibility index (Phi) is 4.36. The average Bonchev–Trinajstić information content (AvgIpc) is 2.20. The van der Waals surface area contributed by atoms with Crippen LogP contribution >= 0.6 is 11.6 Å². The van der Waals surface area contributed by atoms with Crippen molar-refractivity contribution in [2.75, 3.05) is 0 Å². The number of rotatable bonds is 4. The van der Waals surface area contributed by atoms with Gasteiger partial charge < -0.3 is 0 Å². The summed E-state index contributed by atoms with van der Waals surface area (Å²) in [6.07, 6.45) is 1.08. The van der Waals surface area contributed by atoms with Crippen molar-refractivity contribution in [2.24, 2.45) is 0 Å². The van der Waals surface area contributed by atoms with Crippen molar-refractivity contribution in [3.05, 3.63) is 34.3 Å². The highest BCUT2D eigenvalue weighted by molar-refractivity contribution is 6.31. The molecule has 3 heteroatoms. The highest BCUT2D eigenvalue weighted by atomic mass is 35.5. The number of hydrogen-bond acceptors (Lipinski definition) is 1. The molecule has 0 aromatic heterocycles. The van der Waals surface area contributed by atoms with Gasteiger partial charge >= 0.3 is 0 Å². The van der Waals surface area contributed by atoms with Crippen molar-refractivity contribution in [3.63, 3.8) is 0 Å². The maximum Gasteiger partial charge on any atom is 0.0525 e. The monoisotopic (exact) mass is 215 g/mol. The molecule has 1 atom stereocenters. The maximum absolute atomic E-state index is 11.9. The van der Waals surface area contributed by atoms with Crippen molar-refractivity contribution < 1.29 is 4.48 Å². The van der Waals surface area contributed by atoms with Gasteiger partial charge in [-0.15, -0.1) is 4.48 Å². The first-order chi connectivity index (χ1) is 6.69. The summed E-state index contributed by atoms with van der Waals surface area (Å²) in [5.74, 6) is 0.500. The molecule has 0 heterocycles. The second-order valence-electron chi connectivity index (χ2n) is 3.47. The quantitative estimate of drug-likeness (QED) is 0.753. The molecule has 0 saturated carbocycles. The van der Waals surface area contributed by atoms with E-state index in [4.69, 9.17) is 11.6 Å². The van der Waals surface area contributed by atoms with E-state index < -0.39 is 0 Å². The van der Waals surface area contributed by atoms with Crippen LogP contribution in [-0.4, -0.2) is 0 Å². The van der Waals surface area contributed by atoms with E-state index in [2.05, 4.69) is 13.8 Å². The summed E-state index contributed by atoms with van der Waals surface area (Å²) in [5, 5.41) is 0.632. The predicted molar refractivity (Wildman–Crippen MR) is 58.1 cm³/mol. The summed E-state index contributed by atoms with van der Waals surface area (Å²) in [5.41, 5.74) is 3.60. The molecule has 1 aromatic rings. The molecule has 0 fully saturated rings. The number of halogens is 2. The van der Waals surface area contributed by atoms with Crippen LogP contribution in [0, 0.1) is 0 Å². The zero-order chi connectivity index (χ0) is 10.6. The molecule has 0 bridgehead atoms. The summed E-state index contributed by atoms with van der Waals surface area (Å²) in [6.45, 7) is 4.45. The topological polar surface area (TPSA) is 12.0 Å². The Hall–Kier alpha value is -0.600.